The van der Waals surface area contributed by atoms with Crippen LogP contribution in [0.25, 0.3) is 0 Å². The first-order valence-electron chi connectivity index (χ1n) is 4.97. The Labute approximate surface area is 95.8 Å². The lowest BCUT2D eigenvalue weighted by atomic mass is 10.0. The first-order chi connectivity index (χ1) is 8.02. The lowest BCUT2D eigenvalue weighted by Crippen LogP contribution is -2.17. The van der Waals surface area contributed by atoms with Gasteiger partial charge in [-0.1, -0.05) is 5.16 Å². The van der Waals surface area contributed by atoms with Crippen molar-refractivity contribution in [1.29, 1.82) is 0 Å². The van der Waals surface area contributed by atoms with E-state index in [-0.39, 0.29) is 5.75 Å². The maximum absolute atomic E-state index is 12.5. The third-order valence-corrected chi connectivity index (χ3v) is 2.42. The van der Waals surface area contributed by atoms with Gasteiger partial charge in [-0.2, -0.15) is 13.2 Å². The monoisotopic (exact) mass is 245 g/mol. The molecule has 0 amide bonds. The molecule has 1 aromatic carbocycles. The summed E-state index contributed by atoms with van der Waals surface area (Å²) in [6.45, 7) is 0.302. The van der Waals surface area contributed by atoms with E-state index in [0.717, 1.165) is 12.1 Å². The van der Waals surface area contributed by atoms with Crippen LogP contribution < -0.4 is 4.74 Å². The van der Waals surface area contributed by atoms with Crippen molar-refractivity contribution in [2.24, 2.45) is 5.16 Å². The van der Waals surface area contributed by atoms with Crippen molar-refractivity contribution in [1.82, 2.24) is 0 Å². The Kier molecular flexibility index (Phi) is 2.95. The Morgan fingerprint density at radius 2 is 2.12 bits per heavy atom. The normalized spacial score (nSPS) is 17.5. The van der Waals surface area contributed by atoms with Gasteiger partial charge in [0.05, 0.1) is 17.9 Å². The van der Waals surface area contributed by atoms with E-state index in [9.17, 15) is 13.2 Å². The van der Waals surface area contributed by atoms with Gasteiger partial charge in [0.2, 0.25) is 0 Å². The van der Waals surface area contributed by atoms with Crippen molar-refractivity contribution in [3.8, 4) is 5.75 Å². The van der Waals surface area contributed by atoms with Gasteiger partial charge in [0.15, 0.2) is 0 Å². The smallest absolute Gasteiger partial charge is 0.416 e. The topological polar surface area (TPSA) is 30.8 Å². The molecular weight excluding hydrogens is 235 g/mol. The molecular formula is C11H10F3NO2. The van der Waals surface area contributed by atoms with Crippen molar-refractivity contribution >= 4 is 5.71 Å². The minimum absolute atomic E-state index is 0.196. The van der Waals surface area contributed by atoms with E-state index in [1.165, 1.54) is 13.2 Å². The summed E-state index contributed by atoms with van der Waals surface area (Å²) in [6, 6.07) is 3.35. The fourth-order valence-electron chi connectivity index (χ4n) is 1.65. The second-order valence-electron chi connectivity index (χ2n) is 3.53. The van der Waals surface area contributed by atoms with Crippen LogP contribution in [-0.2, 0) is 11.0 Å². The van der Waals surface area contributed by atoms with Crippen molar-refractivity contribution in [2.75, 3.05) is 13.7 Å². The molecule has 0 spiro atoms. The largest absolute Gasteiger partial charge is 0.492 e. The van der Waals surface area contributed by atoms with Crippen molar-refractivity contribution in [3.63, 3.8) is 0 Å². The summed E-state index contributed by atoms with van der Waals surface area (Å²) in [6.07, 6.45) is -3.85. The molecule has 0 atom stereocenters. The zero-order valence-corrected chi connectivity index (χ0v) is 9.04. The summed E-state index contributed by atoms with van der Waals surface area (Å²) in [5.74, 6) is 0.196. The number of rotatable bonds is 1. The van der Waals surface area contributed by atoms with Gasteiger partial charge in [0.1, 0.15) is 12.9 Å². The second-order valence-corrected chi connectivity index (χ2v) is 3.53. The number of hydrogen-bond acceptors (Lipinski definition) is 3. The van der Waals surface area contributed by atoms with Crippen LogP contribution in [0.3, 0.4) is 0 Å². The Morgan fingerprint density at radius 3 is 2.76 bits per heavy atom. The lowest BCUT2D eigenvalue weighted by Gasteiger charge is -2.19. The highest BCUT2D eigenvalue weighted by Crippen LogP contribution is 2.34. The fraction of sp³-hybridized carbons (Fsp3) is 0.364. The zero-order chi connectivity index (χ0) is 12.5. The second kappa shape index (κ2) is 4.27. The Balaban J connectivity index is 2.44. The quantitative estimate of drug-likeness (QED) is 0.712. The van der Waals surface area contributed by atoms with Crippen LogP contribution in [-0.4, -0.2) is 19.4 Å². The first kappa shape index (κ1) is 11.8. The van der Waals surface area contributed by atoms with Crippen molar-refractivity contribution in [3.05, 3.63) is 29.3 Å². The molecule has 0 aliphatic carbocycles. The standard InChI is InChI=1S/C11H10F3NO2/c1-16-15-9-4-5-17-10-6-7(11(12,13)14)2-3-8(9)10/h2-3,6H,4-5H2,1H3. The summed E-state index contributed by atoms with van der Waals surface area (Å²) >= 11 is 0. The zero-order valence-electron chi connectivity index (χ0n) is 9.04. The molecule has 0 saturated heterocycles. The van der Waals surface area contributed by atoms with Crippen LogP contribution >= 0.6 is 0 Å². The summed E-state index contributed by atoms with van der Waals surface area (Å²) in [5, 5.41) is 3.77. The molecule has 6 heteroatoms. The Hall–Kier alpha value is -1.72. The molecule has 0 N–H and O–H groups in total. The molecule has 0 saturated carbocycles. The predicted molar refractivity (Wildman–Crippen MR) is 55.1 cm³/mol. The Morgan fingerprint density at radius 1 is 1.35 bits per heavy atom. The van der Waals surface area contributed by atoms with Crippen LogP contribution in [0.4, 0.5) is 13.2 Å². The van der Waals surface area contributed by atoms with E-state index in [4.69, 9.17) is 4.74 Å². The molecule has 0 radical (unpaired) electrons. The summed E-state index contributed by atoms with van der Waals surface area (Å²) in [4.78, 5) is 4.65. The number of halogens is 3. The Bertz CT molecular complexity index is 455. The summed E-state index contributed by atoms with van der Waals surface area (Å²) in [5.41, 5.74) is 0.420. The highest BCUT2D eigenvalue weighted by molar-refractivity contribution is 6.03. The van der Waals surface area contributed by atoms with Gasteiger partial charge in [0.25, 0.3) is 0 Å². The van der Waals surface area contributed by atoms with Crippen molar-refractivity contribution in [2.45, 2.75) is 12.6 Å². The number of fused-ring (bicyclic) bond motifs is 1. The van der Waals surface area contributed by atoms with Crippen LogP contribution in [0.2, 0.25) is 0 Å². The third-order valence-electron chi connectivity index (χ3n) is 2.42. The molecule has 17 heavy (non-hydrogen) atoms. The molecule has 0 fully saturated rings. The third kappa shape index (κ3) is 2.35. The molecule has 3 nitrogen and oxygen atoms in total. The van der Waals surface area contributed by atoms with E-state index in [1.54, 1.807) is 0 Å². The predicted octanol–water partition coefficient (Wildman–Crippen LogP) is 2.84. The van der Waals surface area contributed by atoms with Gasteiger partial charge in [0, 0.05) is 12.0 Å². The molecule has 1 aliphatic heterocycles. The number of benzene rings is 1. The molecule has 1 heterocycles. The number of alkyl halides is 3. The highest BCUT2D eigenvalue weighted by Gasteiger charge is 2.32. The average molecular weight is 245 g/mol. The maximum Gasteiger partial charge on any atom is 0.416 e. The summed E-state index contributed by atoms with van der Waals surface area (Å²) < 4.78 is 42.7. The molecule has 0 unspecified atom stereocenters. The molecule has 1 aromatic rings. The minimum atomic E-state index is -4.37. The molecule has 92 valence electrons. The van der Waals surface area contributed by atoms with Gasteiger partial charge in [-0.3, -0.25) is 0 Å². The number of hydrogen-bond donors (Lipinski definition) is 0. The lowest BCUT2D eigenvalue weighted by molar-refractivity contribution is -0.137. The number of oxime groups is 1. The van der Waals surface area contributed by atoms with E-state index in [2.05, 4.69) is 9.99 Å². The molecule has 0 aromatic heterocycles. The number of nitrogens with zero attached hydrogens (tertiary/aromatic N) is 1. The average Bonchev–Trinajstić information content (AvgIpc) is 2.28. The minimum Gasteiger partial charge on any atom is -0.492 e. The van der Waals surface area contributed by atoms with E-state index in [1.807, 2.05) is 0 Å². The molecule has 0 bridgehead atoms. The number of ether oxygens (including phenoxy) is 1. The molecule has 1 aliphatic rings. The van der Waals surface area contributed by atoms with Crippen LogP contribution in [0.5, 0.6) is 5.75 Å². The van der Waals surface area contributed by atoms with E-state index >= 15 is 0 Å². The van der Waals surface area contributed by atoms with Crippen LogP contribution in [0.1, 0.15) is 17.5 Å². The van der Waals surface area contributed by atoms with Crippen LogP contribution in [0, 0.1) is 0 Å². The van der Waals surface area contributed by atoms with Gasteiger partial charge in [-0.05, 0) is 18.2 Å². The summed E-state index contributed by atoms with van der Waals surface area (Å²) in [7, 11) is 1.40. The maximum atomic E-state index is 12.5. The van der Waals surface area contributed by atoms with E-state index in [0.29, 0.717) is 24.3 Å². The highest BCUT2D eigenvalue weighted by atomic mass is 19.4. The first-order valence-corrected chi connectivity index (χ1v) is 4.97. The van der Waals surface area contributed by atoms with Gasteiger partial charge in [-0.15, -0.1) is 0 Å². The SMILES string of the molecule is CON=C1CCOc2cc(C(F)(F)F)ccc21. The van der Waals surface area contributed by atoms with Crippen molar-refractivity contribution < 1.29 is 22.7 Å². The van der Waals surface area contributed by atoms with Gasteiger partial charge in [-0.25, -0.2) is 0 Å². The van der Waals surface area contributed by atoms with Crippen LogP contribution in [0.15, 0.2) is 23.4 Å². The van der Waals surface area contributed by atoms with Gasteiger partial charge >= 0.3 is 6.18 Å². The fourth-order valence-corrected chi connectivity index (χ4v) is 1.65. The van der Waals surface area contributed by atoms with E-state index < -0.39 is 11.7 Å². The molecule has 2 rings (SSSR count). The van der Waals surface area contributed by atoms with Gasteiger partial charge < -0.3 is 9.57 Å².